The second-order valence-corrected chi connectivity index (χ2v) is 12.0. The Labute approximate surface area is 248 Å². The highest BCUT2D eigenvalue weighted by Gasteiger charge is 2.30. The Hall–Kier alpha value is -4.44. The molecule has 218 valence electrons. The zero-order valence-electron chi connectivity index (χ0n) is 25.1. The van der Waals surface area contributed by atoms with Gasteiger partial charge in [-0.2, -0.15) is 0 Å². The monoisotopic (exact) mass is 565 g/mol. The Morgan fingerprint density at radius 1 is 0.952 bits per heavy atom. The number of terminal acetylenes is 1. The predicted octanol–water partition coefficient (Wildman–Crippen LogP) is 6.38. The van der Waals surface area contributed by atoms with Crippen LogP contribution in [-0.2, 0) is 16.0 Å². The van der Waals surface area contributed by atoms with Gasteiger partial charge in [-0.1, -0.05) is 54.5 Å². The van der Waals surface area contributed by atoms with Crippen molar-refractivity contribution in [3.63, 3.8) is 0 Å². The van der Waals surface area contributed by atoms with E-state index in [4.69, 9.17) is 15.9 Å². The standard InChI is InChI=1S/C35H39N3O4/c1-7-25-20-26(24(3)32(23(25)2)37-16-18-38(19-17-37)34(40)42-35(4,5)6)21-36-33(39)41-22-31-29-14-10-8-12-27(29)28-13-9-11-15-30(28)31/h1,8-15,20,31H,16-19,21-22H2,2-6H3,(H,36,39). The molecule has 1 N–H and O–H groups in total. The average Bonchev–Trinajstić information content (AvgIpc) is 3.29. The zero-order chi connectivity index (χ0) is 30.0. The summed E-state index contributed by atoms with van der Waals surface area (Å²) in [6, 6.07) is 18.5. The predicted molar refractivity (Wildman–Crippen MR) is 166 cm³/mol. The Morgan fingerprint density at radius 3 is 2.12 bits per heavy atom. The molecule has 0 unspecified atom stereocenters. The van der Waals surface area contributed by atoms with Gasteiger partial charge in [0.1, 0.15) is 12.2 Å². The lowest BCUT2D eigenvalue weighted by molar-refractivity contribution is 0.0240. The van der Waals surface area contributed by atoms with Crippen molar-refractivity contribution >= 4 is 17.9 Å². The molecule has 0 saturated carbocycles. The lowest BCUT2D eigenvalue weighted by Gasteiger charge is -2.38. The van der Waals surface area contributed by atoms with E-state index in [1.54, 1.807) is 4.90 Å². The average molecular weight is 566 g/mol. The third kappa shape index (κ3) is 5.94. The van der Waals surface area contributed by atoms with Crippen LogP contribution in [0.1, 0.15) is 60.1 Å². The number of piperazine rings is 1. The molecule has 0 aromatic heterocycles. The number of alkyl carbamates (subject to hydrolysis) is 1. The van der Waals surface area contributed by atoms with E-state index < -0.39 is 11.7 Å². The molecular formula is C35H39N3O4. The number of carbonyl (C=O) groups is 2. The van der Waals surface area contributed by atoms with Crippen molar-refractivity contribution in [3.05, 3.63) is 88.0 Å². The van der Waals surface area contributed by atoms with Crippen LogP contribution < -0.4 is 10.2 Å². The number of rotatable bonds is 5. The Morgan fingerprint density at radius 2 is 1.55 bits per heavy atom. The van der Waals surface area contributed by atoms with Crippen molar-refractivity contribution in [1.29, 1.82) is 0 Å². The van der Waals surface area contributed by atoms with E-state index in [2.05, 4.69) is 47.3 Å². The molecule has 1 saturated heterocycles. The van der Waals surface area contributed by atoms with E-state index in [0.29, 0.717) is 32.7 Å². The van der Waals surface area contributed by atoms with Gasteiger partial charge < -0.3 is 24.6 Å². The minimum absolute atomic E-state index is 0.00301. The van der Waals surface area contributed by atoms with Crippen LogP contribution >= 0.6 is 0 Å². The van der Waals surface area contributed by atoms with Gasteiger partial charge in [0.15, 0.2) is 0 Å². The number of fused-ring (bicyclic) bond motifs is 3. The van der Waals surface area contributed by atoms with Gasteiger partial charge >= 0.3 is 12.2 Å². The minimum atomic E-state index is -0.530. The van der Waals surface area contributed by atoms with Crippen molar-refractivity contribution in [1.82, 2.24) is 10.2 Å². The van der Waals surface area contributed by atoms with Crippen molar-refractivity contribution in [2.24, 2.45) is 0 Å². The summed E-state index contributed by atoms with van der Waals surface area (Å²) in [4.78, 5) is 29.5. The van der Waals surface area contributed by atoms with Gasteiger partial charge in [0.2, 0.25) is 0 Å². The third-order valence-corrected chi connectivity index (χ3v) is 8.08. The van der Waals surface area contributed by atoms with Crippen LogP contribution in [0, 0.1) is 26.2 Å². The van der Waals surface area contributed by atoms with Crippen LogP contribution in [-0.4, -0.2) is 55.5 Å². The molecule has 0 spiro atoms. The molecule has 0 atom stereocenters. The number of ether oxygens (including phenoxy) is 2. The summed E-state index contributed by atoms with van der Waals surface area (Å²) in [6.07, 6.45) is 5.13. The van der Waals surface area contributed by atoms with Gasteiger partial charge in [-0.05, 0) is 79.6 Å². The van der Waals surface area contributed by atoms with Crippen LogP contribution in [0.2, 0.25) is 0 Å². The minimum Gasteiger partial charge on any atom is -0.449 e. The Bertz CT molecular complexity index is 1500. The fourth-order valence-corrected chi connectivity index (χ4v) is 6.02. The summed E-state index contributed by atoms with van der Waals surface area (Å²) in [5.74, 6) is 2.81. The van der Waals surface area contributed by atoms with E-state index in [0.717, 1.165) is 27.9 Å². The summed E-state index contributed by atoms with van der Waals surface area (Å²) in [5.41, 5.74) is 9.06. The maximum atomic E-state index is 12.9. The molecule has 5 rings (SSSR count). The number of hydrogen-bond donors (Lipinski definition) is 1. The summed E-state index contributed by atoms with van der Waals surface area (Å²) in [7, 11) is 0. The Balaban J connectivity index is 1.24. The molecule has 3 aromatic rings. The summed E-state index contributed by atoms with van der Waals surface area (Å²) < 4.78 is 11.3. The van der Waals surface area contributed by atoms with Crippen molar-refractivity contribution < 1.29 is 19.1 Å². The normalized spacial score (nSPS) is 14.6. The van der Waals surface area contributed by atoms with E-state index in [1.807, 2.05) is 58.0 Å². The summed E-state index contributed by atoms with van der Waals surface area (Å²) in [5, 5.41) is 2.94. The molecule has 1 aliphatic heterocycles. The second kappa shape index (κ2) is 11.8. The molecule has 0 radical (unpaired) electrons. The van der Waals surface area contributed by atoms with Gasteiger partial charge in [0, 0.05) is 49.9 Å². The van der Waals surface area contributed by atoms with Crippen molar-refractivity contribution in [3.8, 4) is 23.5 Å². The van der Waals surface area contributed by atoms with Gasteiger partial charge in [0.25, 0.3) is 0 Å². The molecule has 42 heavy (non-hydrogen) atoms. The molecule has 2 amide bonds. The number of hydrogen-bond acceptors (Lipinski definition) is 5. The van der Waals surface area contributed by atoms with Gasteiger partial charge in [-0.15, -0.1) is 6.42 Å². The quantitative estimate of drug-likeness (QED) is 0.364. The van der Waals surface area contributed by atoms with E-state index in [-0.39, 0.29) is 18.6 Å². The van der Waals surface area contributed by atoms with Crippen LogP contribution in [0.15, 0.2) is 54.6 Å². The van der Waals surface area contributed by atoms with Crippen molar-refractivity contribution in [2.45, 2.75) is 52.7 Å². The first-order valence-electron chi connectivity index (χ1n) is 14.5. The first kappa shape index (κ1) is 29.1. The fourth-order valence-electron chi connectivity index (χ4n) is 6.02. The molecule has 1 heterocycles. The number of anilines is 1. The first-order valence-corrected chi connectivity index (χ1v) is 14.5. The molecule has 7 heteroatoms. The Kier molecular flexibility index (Phi) is 8.17. The topological polar surface area (TPSA) is 71.1 Å². The van der Waals surface area contributed by atoms with Crippen LogP contribution in [0.5, 0.6) is 0 Å². The smallest absolute Gasteiger partial charge is 0.410 e. The lowest BCUT2D eigenvalue weighted by Crippen LogP contribution is -2.50. The van der Waals surface area contributed by atoms with Gasteiger partial charge in [-0.3, -0.25) is 0 Å². The number of amides is 2. The number of nitrogens with zero attached hydrogens (tertiary/aromatic N) is 2. The molecule has 0 bridgehead atoms. The molecular weight excluding hydrogens is 526 g/mol. The first-order chi connectivity index (χ1) is 20.1. The highest BCUT2D eigenvalue weighted by atomic mass is 16.6. The second-order valence-electron chi connectivity index (χ2n) is 12.0. The fraction of sp³-hybridized carbons (Fsp3) is 0.371. The highest BCUT2D eigenvalue weighted by Crippen LogP contribution is 2.44. The van der Waals surface area contributed by atoms with Gasteiger partial charge in [0.05, 0.1) is 0 Å². The van der Waals surface area contributed by atoms with Crippen LogP contribution in [0.4, 0.5) is 15.3 Å². The number of benzene rings is 3. The molecule has 7 nitrogen and oxygen atoms in total. The molecule has 3 aromatic carbocycles. The highest BCUT2D eigenvalue weighted by molar-refractivity contribution is 5.79. The molecule has 1 aliphatic carbocycles. The van der Waals surface area contributed by atoms with Gasteiger partial charge in [-0.25, -0.2) is 9.59 Å². The molecule has 1 fully saturated rings. The third-order valence-electron chi connectivity index (χ3n) is 8.08. The van der Waals surface area contributed by atoms with E-state index >= 15 is 0 Å². The van der Waals surface area contributed by atoms with E-state index in [9.17, 15) is 9.59 Å². The summed E-state index contributed by atoms with van der Waals surface area (Å²) in [6.45, 7) is 12.7. The number of carbonyl (C=O) groups excluding carboxylic acids is 2. The summed E-state index contributed by atoms with van der Waals surface area (Å²) >= 11 is 0. The van der Waals surface area contributed by atoms with Crippen LogP contribution in [0.3, 0.4) is 0 Å². The van der Waals surface area contributed by atoms with Crippen molar-refractivity contribution in [2.75, 3.05) is 37.7 Å². The van der Waals surface area contributed by atoms with E-state index in [1.165, 1.54) is 22.3 Å². The lowest BCUT2D eigenvalue weighted by atomic mass is 9.96. The SMILES string of the molecule is C#Cc1cc(CNC(=O)OCC2c3ccccc3-c3ccccc32)c(C)c(N2CCN(C(=O)OC(C)(C)C)CC2)c1C. The molecule has 2 aliphatic rings. The largest absolute Gasteiger partial charge is 0.449 e. The van der Waals surface area contributed by atoms with Crippen LogP contribution in [0.25, 0.3) is 11.1 Å². The maximum Gasteiger partial charge on any atom is 0.410 e. The zero-order valence-corrected chi connectivity index (χ0v) is 25.1. The maximum absolute atomic E-state index is 12.9. The number of nitrogens with one attached hydrogen (secondary N) is 1.